The number of allylic oxidation sites excluding steroid dienone is 1. The molecule has 127 heavy (non-hydrogen) atoms. The Bertz CT molecular complexity index is 3790. The number of rotatable bonds is 34. The summed E-state index contributed by atoms with van der Waals surface area (Å²) in [5, 5.41) is 27.9. The number of fused-ring (bicyclic) bond motifs is 9. The molecular formula is C98H182N14O12S3. The lowest BCUT2D eigenvalue weighted by molar-refractivity contribution is -0.143. The first-order chi connectivity index (χ1) is 55.1. The second kappa shape index (κ2) is 61.6. The fraction of sp³-hybridized carbons (Fsp3) is 0.765. The summed E-state index contributed by atoms with van der Waals surface area (Å²) in [5.41, 5.74) is 9.75. The maximum absolute atomic E-state index is 12.4. The van der Waals surface area contributed by atoms with Crippen LogP contribution in [0, 0.1) is 46.3 Å². The molecule has 734 valence electrons. The van der Waals surface area contributed by atoms with Gasteiger partial charge in [-0.05, 0) is 202 Å². The van der Waals surface area contributed by atoms with E-state index in [0.29, 0.717) is 112 Å². The van der Waals surface area contributed by atoms with Crippen LogP contribution >= 0.6 is 35.3 Å². The molecule has 26 nitrogen and oxygen atoms in total. The first-order valence-electron chi connectivity index (χ1n) is 43.1. The van der Waals surface area contributed by atoms with Crippen LogP contribution in [0.4, 0.5) is 26.0 Å². The number of H-pyrrole nitrogens is 1. The second-order valence-corrected chi connectivity index (χ2v) is 38.0. The Hall–Kier alpha value is -6.98. The van der Waals surface area contributed by atoms with Crippen molar-refractivity contribution in [1.82, 2.24) is 62.5 Å². The first-order valence-corrected chi connectivity index (χ1v) is 46.2. The average molecular weight is 1840 g/mol. The van der Waals surface area contributed by atoms with E-state index in [1.54, 1.807) is 29.8 Å². The Labute approximate surface area is 782 Å². The van der Waals surface area contributed by atoms with E-state index in [0.717, 1.165) is 117 Å². The smallest absolute Gasteiger partial charge is 0.315 e. The molecule has 0 bridgehead atoms. The topological polar surface area (TPSA) is 378 Å². The van der Waals surface area contributed by atoms with Crippen LogP contribution < -0.4 is 59.1 Å². The summed E-state index contributed by atoms with van der Waals surface area (Å²) in [5.74, 6) is 8.37. The van der Waals surface area contributed by atoms with Gasteiger partial charge in [-0.1, -0.05) is 181 Å². The number of hydrogen-bond acceptors (Lipinski definition) is 20. The van der Waals surface area contributed by atoms with Gasteiger partial charge in [0, 0.05) is 89.5 Å². The van der Waals surface area contributed by atoms with Crippen molar-refractivity contribution < 1.29 is 52.6 Å². The van der Waals surface area contributed by atoms with Gasteiger partial charge in [-0.15, -0.1) is 0 Å². The fourth-order valence-electron chi connectivity index (χ4n) is 19.5. The minimum Gasteiger partial charge on any atom is -0.466 e. The quantitative estimate of drug-likeness (QED) is 0.0114. The van der Waals surface area contributed by atoms with Crippen molar-refractivity contribution in [3.8, 4) is 0 Å². The molecule has 8 amide bonds. The summed E-state index contributed by atoms with van der Waals surface area (Å²) in [6.45, 7) is 25.7. The lowest BCUT2D eigenvalue weighted by atomic mass is 9.47. The molecule has 18 atom stereocenters. The predicted molar refractivity (Wildman–Crippen MR) is 540 cm³/mol. The van der Waals surface area contributed by atoms with Gasteiger partial charge in [0.15, 0.2) is 16.9 Å². The minimum absolute atomic E-state index is 0. The van der Waals surface area contributed by atoms with Crippen molar-refractivity contribution in [2.45, 2.75) is 403 Å². The number of unbranched alkanes of at least 4 members (excludes halogenated alkanes) is 3. The van der Waals surface area contributed by atoms with Crippen LogP contribution in [0.25, 0.3) is 11.2 Å². The molecule has 3 aromatic rings. The third kappa shape index (κ3) is 35.9. The number of carbonyl (C=O) groups is 9. The van der Waals surface area contributed by atoms with E-state index in [1.165, 1.54) is 90.7 Å². The number of nitrogens with zero attached hydrogens (tertiary/aromatic N) is 3. The molecule has 6 saturated heterocycles. The standard InChI is InChI=1S/C29H50O.C21H23N7O4.C12H21N3O2S.C12H20N2O3S.C12H20N2O2S.12CH4/c1-7-30-23-15-17-28(5)22(19-23)11-12-24-26-14-13-25(21(4)10-8-9-20(2)3)29(26,6)18-16-27(24)28;1-11(29)3-8-16(12(2)30)26-19(31)13-4-6-14(7-5-13)23-9-15-10-24-18-17(25-15)20(32)28-21(22)27-18;1-2-13-10(16)6-4-3-5-9-11-8(7-18-9)14-12(17)15-11;1-2-17-10(15)6-4-3-5-9-11-8(7-18-9)13-12(16)14-11;1-2-8(15)5-3-4-6-10-11-9(7-17-10)13-12(16)14-11;;;;;;;;;;;;/h11,20-21,23-27H,7-10,12-19H2,1-6H3;4-7,10,16,23H,3,8-9H2,1-2H3,(H,26,31)(H3,22,24,27,28,32);8-9,11H,2-7H2,1H3,(H,13,16)(H2,14,15,17);8-9,11H,2-7H2,1H3,(H2,13,14,16);9-11H,2-7H2,1H3,(H2,13,14,16);12*1H4/t21-,23-,24-,25-,26+,27+,28-,29+;;;;;;;;;;;;;;;;/m0................/s1. The van der Waals surface area contributed by atoms with E-state index in [2.05, 4.69) is 115 Å². The lowest BCUT2D eigenvalue weighted by Crippen LogP contribution is -2.51. The third-order valence-corrected chi connectivity index (χ3v) is 30.2. The van der Waals surface area contributed by atoms with Gasteiger partial charge in [0.25, 0.3) is 11.5 Å². The van der Waals surface area contributed by atoms with Gasteiger partial charge in [-0.25, -0.2) is 24.4 Å². The number of amides is 8. The molecule has 10 unspecified atom stereocenters. The average Bonchev–Trinajstić information content (AvgIpc) is 1.67. The molecule has 29 heteroatoms. The van der Waals surface area contributed by atoms with Gasteiger partial charge >= 0.3 is 24.1 Å². The number of nitrogens with one attached hydrogen (secondary N) is 10. The maximum atomic E-state index is 12.4. The molecular weight excluding hydrogens is 1660 g/mol. The summed E-state index contributed by atoms with van der Waals surface area (Å²) in [4.78, 5) is 129. The molecule has 10 aliphatic rings. The van der Waals surface area contributed by atoms with Gasteiger partial charge in [-0.2, -0.15) is 40.3 Å². The van der Waals surface area contributed by atoms with Crippen LogP contribution in [0.2, 0.25) is 0 Å². The number of nitrogens with two attached hydrogens (primary N) is 1. The zero-order chi connectivity index (χ0) is 82.9. The highest BCUT2D eigenvalue weighted by Crippen LogP contribution is 2.67. The van der Waals surface area contributed by atoms with Gasteiger partial charge < -0.3 is 67.9 Å². The zero-order valence-electron chi connectivity index (χ0n) is 70.2. The molecule has 6 aliphatic heterocycles. The normalized spacial score (nSPS) is 25.9. The van der Waals surface area contributed by atoms with Crippen molar-refractivity contribution in [2.75, 3.05) is 48.1 Å². The van der Waals surface area contributed by atoms with Crippen LogP contribution in [0.3, 0.4) is 0 Å². The summed E-state index contributed by atoms with van der Waals surface area (Å²) >= 11 is 5.78. The summed E-state index contributed by atoms with van der Waals surface area (Å²) in [6, 6.07) is 7.60. The molecule has 1 aromatic carbocycles. The highest BCUT2D eigenvalue weighted by atomic mass is 32.2. The van der Waals surface area contributed by atoms with E-state index >= 15 is 0 Å². The van der Waals surface area contributed by atoms with Crippen LogP contribution in [0.15, 0.2) is 46.9 Å². The van der Waals surface area contributed by atoms with Crippen LogP contribution in [-0.2, 0) is 40.0 Å². The molecule has 0 radical (unpaired) electrons. The van der Waals surface area contributed by atoms with Gasteiger partial charge in [0.1, 0.15) is 11.6 Å². The molecule has 3 saturated carbocycles. The summed E-state index contributed by atoms with van der Waals surface area (Å²) in [7, 11) is 0. The van der Waals surface area contributed by atoms with Gasteiger partial charge in [0.05, 0.1) is 73.4 Å². The number of hydrogen-bond donors (Lipinski definition) is 11. The van der Waals surface area contributed by atoms with Gasteiger partial charge in [-0.3, -0.25) is 33.8 Å². The highest BCUT2D eigenvalue weighted by Gasteiger charge is 2.59. The van der Waals surface area contributed by atoms with Crippen molar-refractivity contribution in [3.63, 3.8) is 0 Å². The van der Waals surface area contributed by atoms with E-state index < -0.39 is 17.5 Å². The third-order valence-electron chi connectivity index (χ3n) is 25.7. The number of urea groups is 3. The second-order valence-electron chi connectivity index (χ2n) is 34.2. The Kier molecular flexibility index (Phi) is 61.3. The molecule has 2 aromatic heterocycles. The SMILES string of the molecule is C.C.C.C.C.C.C.C.C.C.C.C.CC(=O)CCC(NC(=O)c1ccc(NCc2cnc3nc(N)[nH]c(=O)c3n2)cc1)C(C)=O.CCC(=O)CCCCC1SCC2NC(=O)NC21.CCNC(=O)CCCCC1SCC2NC(=O)NC21.CCOC(=O)CCCCC1SCC2NC(=O)NC21.CCO[C@H]1CC[C@@]2(C)C(=CC[C@H]3[C@H]4CC[C@@H]([C@@H](C)CCCC(C)C)[C@@]4(C)CC[C@H]32)C1. The summed E-state index contributed by atoms with van der Waals surface area (Å²) in [6.07, 6.45) is 32.4. The van der Waals surface area contributed by atoms with Crippen LogP contribution in [-0.4, -0.2) is 174 Å². The number of esters is 1. The first kappa shape index (κ1) is 126. The molecule has 8 heterocycles. The number of aromatic nitrogens is 4. The number of Topliss-reactive ketones (excluding diaryl/α,β-unsaturated/α-hetero) is 3. The molecule has 9 fully saturated rings. The molecule has 12 N–H and O–H groups in total. The van der Waals surface area contributed by atoms with Gasteiger partial charge in [0.2, 0.25) is 11.9 Å². The number of ether oxygens (including phenoxy) is 2. The van der Waals surface area contributed by atoms with E-state index in [9.17, 15) is 47.9 Å². The van der Waals surface area contributed by atoms with Crippen molar-refractivity contribution in [1.29, 1.82) is 0 Å². The lowest BCUT2D eigenvalue weighted by Gasteiger charge is -2.58. The number of nitrogen functional groups attached to an aromatic ring is 1. The predicted octanol–water partition coefficient (Wildman–Crippen LogP) is 20.8. The Morgan fingerprint density at radius 2 is 1.15 bits per heavy atom. The Morgan fingerprint density at radius 3 is 1.65 bits per heavy atom. The number of carbonyl (C=O) groups excluding carboxylic acids is 9. The number of anilines is 2. The zero-order valence-corrected chi connectivity index (χ0v) is 72.6. The number of ketones is 3. The molecule has 4 aliphatic carbocycles. The maximum Gasteiger partial charge on any atom is 0.315 e. The van der Waals surface area contributed by atoms with Crippen molar-refractivity contribution >= 4 is 111 Å². The highest BCUT2D eigenvalue weighted by molar-refractivity contribution is 8.00. The fourth-order valence-corrected chi connectivity index (χ4v) is 24.2. The Balaban J connectivity index is -0.000000744. The van der Waals surface area contributed by atoms with E-state index in [1.807, 2.05) is 56.1 Å². The van der Waals surface area contributed by atoms with Crippen LogP contribution in [0.5, 0.6) is 0 Å². The number of thioether (sulfide) groups is 3. The number of aromatic amines is 1. The minimum atomic E-state index is -0.705. The largest absolute Gasteiger partial charge is 0.466 e. The monoisotopic (exact) mass is 1840 g/mol. The Morgan fingerprint density at radius 1 is 0.606 bits per heavy atom. The van der Waals surface area contributed by atoms with Crippen molar-refractivity contribution in [3.05, 3.63) is 63.7 Å². The van der Waals surface area contributed by atoms with E-state index in [-0.39, 0.29) is 185 Å². The molecule has 13 rings (SSSR count). The number of benzene rings is 1. The molecule has 0 spiro atoms. The van der Waals surface area contributed by atoms with Crippen molar-refractivity contribution in [2.24, 2.45) is 46.3 Å². The summed E-state index contributed by atoms with van der Waals surface area (Å²) < 4.78 is 10.9. The van der Waals surface area contributed by atoms with Crippen LogP contribution in [0.1, 0.15) is 348 Å². The van der Waals surface area contributed by atoms with E-state index in [4.69, 9.17) is 15.2 Å².